The second kappa shape index (κ2) is 10.0. The molecule has 1 heterocycles. The lowest BCUT2D eigenvalue weighted by Crippen LogP contribution is -2.46. The Kier molecular flexibility index (Phi) is 7.40. The van der Waals surface area contributed by atoms with Crippen molar-refractivity contribution >= 4 is 11.8 Å². The van der Waals surface area contributed by atoms with E-state index in [4.69, 9.17) is 5.53 Å². The highest BCUT2D eigenvalue weighted by atomic mass is 19.4. The summed E-state index contributed by atoms with van der Waals surface area (Å²) < 4.78 is 38.3. The number of alkyl halides is 3. The second-order valence-corrected chi connectivity index (χ2v) is 7.93. The third kappa shape index (κ3) is 6.11. The molecule has 2 amide bonds. The number of nitrogens with one attached hydrogen (secondary N) is 2. The second-order valence-electron chi connectivity index (χ2n) is 7.93. The molecule has 1 saturated heterocycles. The summed E-state index contributed by atoms with van der Waals surface area (Å²) in [7, 11) is 0. The minimum Gasteiger partial charge on any atom is -0.350 e. The topological polar surface area (TPSA) is 110 Å². The van der Waals surface area contributed by atoms with E-state index in [9.17, 15) is 22.8 Å². The third-order valence-corrected chi connectivity index (χ3v) is 5.81. The number of carbonyl (C=O) groups excluding carboxylic acids is 2. The van der Waals surface area contributed by atoms with Crippen LogP contribution in [0, 0.1) is 0 Å². The Morgan fingerprint density at radius 1 is 1.23 bits per heavy atom. The zero-order valence-corrected chi connectivity index (χ0v) is 16.9. The number of azide groups is 1. The molecule has 8 nitrogen and oxygen atoms in total. The Hall–Kier alpha value is -2.78. The highest BCUT2D eigenvalue weighted by molar-refractivity contribution is 5.96. The van der Waals surface area contributed by atoms with E-state index < -0.39 is 23.6 Å². The number of benzene rings is 1. The summed E-state index contributed by atoms with van der Waals surface area (Å²) in [6.45, 7) is 1.09. The molecule has 1 aromatic carbocycles. The van der Waals surface area contributed by atoms with Crippen molar-refractivity contribution in [2.45, 2.75) is 56.4 Å². The molecule has 31 heavy (non-hydrogen) atoms. The normalized spacial score (nSPS) is 24.3. The lowest BCUT2D eigenvalue weighted by molar-refractivity contribution is -0.137. The minimum absolute atomic E-state index is 0.0556. The highest BCUT2D eigenvalue weighted by Crippen LogP contribution is 2.30. The van der Waals surface area contributed by atoms with Crippen LogP contribution in [0.5, 0.6) is 0 Å². The number of hydrogen-bond donors (Lipinski definition) is 2. The Bertz CT molecular complexity index is 856. The molecule has 168 valence electrons. The van der Waals surface area contributed by atoms with Gasteiger partial charge in [-0.05, 0) is 43.0 Å². The van der Waals surface area contributed by atoms with Gasteiger partial charge in [0.15, 0.2) is 0 Å². The molecular formula is C20H25F3N6O2. The standard InChI is InChI=1S/C20H25F3N6O2/c21-20(22,23)14-5-3-4-13(10-14)19(31)25-11-18(30)26-15-8-9-29(12-15)17-7-2-1-6-16(17)27-28-24/h3-5,10,15-17H,1-2,6-9,11-12H2,(H,25,31)(H,26,30)/t15-,16+,17-/m1/s1. The van der Waals surface area contributed by atoms with Crippen LogP contribution in [0.25, 0.3) is 10.4 Å². The van der Waals surface area contributed by atoms with Gasteiger partial charge in [-0.25, -0.2) is 0 Å². The van der Waals surface area contributed by atoms with Crippen molar-refractivity contribution in [3.63, 3.8) is 0 Å². The zero-order chi connectivity index (χ0) is 22.4. The number of amides is 2. The fourth-order valence-electron chi connectivity index (χ4n) is 4.30. The molecule has 2 N–H and O–H groups in total. The van der Waals surface area contributed by atoms with E-state index in [0.29, 0.717) is 6.54 Å². The monoisotopic (exact) mass is 438 g/mol. The smallest absolute Gasteiger partial charge is 0.350 e. The lowest BCUT2D eigenvalue weighted by atomic mass is 9.90. The minimum atomic E-state index is -4.54. The van der Waals surface area contributed by atoms with Crippen molar-refractivity contribution in [2.75, 3.05) is 19.6 Å². The Labute approximate surface area is 177 Å². The Morgan fingerprint density at radius 2 is 2.00 bits per heavy atom. The maximum Gasteiger partial charge on any atom is 0.416 e. The summed E-state index contributed by atoms with van der Waals surface area (Å²) in [6, 6.07) is 4.08. The molecule has 0 unspecified atom stereocenters. The lowest BCUT2D eigenvalue weighted by Gasteiger charge is -2.35. The molecule has 1 aromatic rings. The summed E-state index contributed by atoms with van der Waals surface area (Å²) in [5, 5.41) is 9.15. The van der Waals surface area contributed by atoms with E-state index in [-0.39, 0.29) is 30.2 Å². The van der Waals surface area contributed by atoms with Crippen LogP contribution in [0.15, 0.2) is 29.4 Å². The number of carbonyl (C=O) groups is 2. The molecule has 11 heteroatoms. The first kappa shape index (κ1) is 22.9. The van der Waals surface area contributed by atoms with Crippen LogP contribution in [0.2, 0.25) is 0 Å². The number of rotatable bonds is 6. The van der Waals surface area contributed by atoms with E-state index in [0.717, 1.165) is 56.8 Å². The van der Waals surface area contributed by atoms with Gasteiger partial charge in [-0.1, -0.05) is 24.0 Å². The van der Waals surface area contributed by atoms with Crippen molar-refractivity contribution in [1.82, 2.24) is 15.5 Å². The van der Waals surface area contributed by atoms with Gasteiger partial charge in [-0.3, -0.25) is 14.5 Å². The van der Waals surface area contributed by atoms with Gasteiger partial charge < -0.3 is 10.6 Å². The quantitative estimate of drug-likeness (QED) is 0.404. The average molecular weight is 438 g/mol. The van der Waals surface area contributed by atoms with Crippen LogP contribution < -0.4 is 10.6 Å². The van der Waals surface area contributed by atoms with Crippen LogP contribution in [0.1, 0.15) is 48.0 Å². The van der Waals surface area contributed by atoms with Gasteiger partial charge >= 0.3 is 6.18 Å². The van der Waals surface area contributed by atoms with Crippen molar-refractivity contribution in [2.24, 2.45) is 5.11 Å². The molecule has 1 saturated carbocycles. The van der Waals surface area contributed by atoms with E-state index in [1.54, 1.807) is 0 Å². The average Bonchev–Trinajstić information content (AvgIpc) is 3.20. The zero-order valence-electron chi connectivity index (χ0n) is 16.9. The molecule has 1 aliphatic carbocycles. The van der Waals surface area contributed by atoms with Crippen LogP contribution in [-0.2, 0) is 11.0 Å². The summed E-state index contributed by atoms with van der Waals surface area (Å²) in [5.41, 5.74) is 7.71. The maximum absolute atomic E-state index is 12.8. The number of nitrogens with zero attached hydrogens (tertiary/aromatic N) is 4. The molecule has 2 aliphatic rings. The first-order valence-electron chi connectivity index (χ1n) is 10.3. The van der Waals surface area contributed by atoms with E-state index in [1.165, 1.54) is 6.07 Å². The Morgan fingerprint density at radius 3 is 2.74 bits per heavy atom. The molecule has 0 aromatic heterocycles. The van der Waals surface area contributed by atoms with Crippen LogP contribution in [0.3, 0.4) is 0 Å². The third-order valence-electron chi connectivity index (χ3n) is 5.81. The van der Waals surface area contributed by atoms with Gasteiger partial charge in [0.25, 0.3) is 5.91 Å². The summed E-state index contributed by atoms with van der Waals surface area (Å²) in [6.07, 6.45) is 0.142. The van der Waals surface area contributed by atoms with Crippen molar-refractivity contribution in [1.29, 1.82) is 0 Å². The molecule has 1 aliphatic heterocycles. The predicted octanol–water partition coefficient (Wildman–Crippen LogP) is 3.25. The first-order valence-corrected chi connectivity index (χ1v) is 10.3. The summed E-state index contributed by atoms with van der Waals surface area (Å²) >= 11 is 0. The van der Waals surface area contributed by atoms with Gasteiger partial charge in [0, 0.05) is 35.6 Å². The predicted molar refractivity (Wildman–Crippen MR) is 107 cm³/mol. The van der Waals surface area contributed by atoms with Gasteiger partial charge in [0.05, 0.1) is 18.2 Å². The van der Waals surface area contributed by atoms with Gasteiger partial charge in [-0.15, -0.1) is 0 Å². The molecule has 2 fully saturated rings. The van der Waals surface area contributed by atoms with Crippen molar-refractivity contribution in [3.05, 3.63) is 45.8 Å². The van der Waals surface area contributed by atoms with Crippen LogP contribution in [-0.4, -0.2) is 54.5 Å². The van der Waals surface area contributed by atoms with Gasteiger partial charge in [0.1, 0.15) is 0 Å². The molecule has 3 rings (SSSR count). The largest absolute Gasteiger partial charge is 0.416 e. The maximum atomic E-state index is 12.8. The molecule has 0 spiro atoms. The molecule has 0 bridgehead atoms. The Balaban J connectivity index is 1.47. The molecule has 3 atom stereocenters. The van der Waals surface area contributed by atoms with Crippen molar-refractivity contribution < 1.29 is 22.8 Å². The highest BCUT2D eigenvalue weighted by Gasteiger charge is 2.34. The summed E-state index contributed by atoms with van der Waals surface area (Å²) in [4.78, 5) is 29.5. The SMILES string of the molecule is [N-]=[N+]=N[C@H]1CCCC[C@H]1N1CC[C@@H](NC(=O)CNC(=O)c2cccc(C(F)(F)F)c2)C1. The summed E-state index contributed by atoms with van der Waals surface area (Å²) in [5.74, 6) is -1.14. The fourth-order valence-corrected chi connectivity index (χ4v) is 4.30. The van der Waals surface area contributed by atoms with Crippen molar-refractivity contribution in [3.8, 4) is 0 Å². The molecule has 0 radical (unpaired) electrons. The van der Waals surface area contributed by atoms with Crippen LogP contribution >= 0.6 is 0 Å². The van der Waals surface area contributed by atoms with Crippen LogP contribution in [0.4, 0.5) is 13.2 Å². The van der Waals surface area contributed by atoms with Gasteiger partial charge in [0.2, 0.25) is 5.91 Å². The number of halogens is 3. The molecular weight excluding hydrogens is 413 g/mol. The van der Waals surface area contributed by atoms with E-state index >= 15 is 0 Å². The number of hydrogen-bond acceptors (Lipinski definition) is 4. The number of likely N-dealkylation sites (tertiary alicyclic amines) is 1. The van der Waals surface area contributed by atoms with E-state index in [2.05, 4.69) is 25.6 Å². The first-order chi connectivity index (χ1) is 14.8. The van der Waals surface area contributed by atoms with E-state index in [1.807, 2.05) is 0 Å². The fraction of sp³-hybridized carbons (Fsp3) is 0.600. The van der Waals surface area contributed by atoms with Gasteiger partial charge in [-0.2, -0.15) is 13.2 Å².